The van der Waals surface area contributed by atoms with Gasteiger partial charge in [0.2, 0.25) is 5.91 Å². The second-order valence-corrected chi connectivity index (χ2v) is 7.20. The van der Waals surface area contributed by atoms with Crippen LogP contribution in [-0.4, -0.2) is 32.7 Å². The van der Waals surface area contributed by atoms with Crippen molar-refractivity contribution in [2.75, 3.05) is 26.8 Å². The first-order chi connectivity index (χ1) is 13.7. The summed E-state index contributed by atoms with van der Waals surface area (Å²) >= 11 is 0. The summed E-state index contributed by atoms with van der Waals surface area (Å²) in [5.74, 6) is 1.40. The van der Waals surface area contributed by atoms with Gasteiger partial charge in [0.1, 0.15) is 6.61 Å². The molecular weight excluding hydrogens is 352 g/mol. The van der Waals surface area contributed by atoms with Gasteiger partial charge >= 0.3 is 0 Å². The van der Waals surface area contributed by atoms with E-state index in [9.17, 15) is 4.79 Å². The molecule has 1 atom stereocenters. The molecule has 1 amide bonds. The van der Waals surface area contributed by atoms with Gasteiger partial charge in [-0.1, -0.05) is 30.3 Å². The highest BCUT2D eigenvalue weighted by atomic mass is 16.5. The van der Waals surface area contributed by atoms with Crippen molar-refractivity contribution in [3.05, 3.63) is 59.2 Å². The normalized spacial score (nSPS) is 14.1. The van der Waals surface area contributed by atoms with Crippen LogP contribution in [0.4, 0.5) is 0 Å². The zero-order valence-electron chi connectivity index (χ0n) is 16.8. The Hall–Kier alpha value is -2.53. The zero-order valence-corrected chi connectivity index (χ0v) is 16.8. The van der Waals surface area contributed by atoms with E-state index in [0.29, 0.717) is 24.7 Å². The van der Waals surface area contributed by atoms with Crippen molar-refractivity contribution in [3.63, 3.8) is 0 Å². The van der Waals surface area contributed by atoms with Crippen molar-refractivity contribution < 1.29 is 14.3 Å². The van der Waals surface area contributed by atoms with E-state index in [0.717, 1.165) is 6.42 Å². The molecule has 0 aromatic heterocycles. The number of methoxy groups -OCH3 is 1. The van der Waals surface area contributed by atoms with Crippen LogP contribution in [0.15, 0.2) is 42.5 Å². The molecule has 0 fully saturated rings. The summed E-state index contributed by atoms with van der Waals surface area (Å²) in [4.78, 5) is 12.2. The van der Waals surface area contributed by atoms with Crippen molar-refractivity contribution >= 4 is 5.91 Å². The van der Waals surface area contributed by atoms with Crippen LogP contribution in [0.5, 0.6) is 11.5 Å². The second kappa shape index (κ2) is 10.1. The monoisotopic (exact) mass is 382 g/mol. The van der Waals surface area contributed by atoms with Crippen LogP contribution in [0, 0.1) is 0 Å². The van der Waals surface area contributed by atoms with Gasteiger partial charge < -0.3 is 20.1 Å². The third kappa shape index (κ3) is 5.49. The number of rotatable bonds is 9. The van der Waals surface area contributed by atoms with Crippen molar-refractivity contribution in [1.82, 2.24) is 10.6 Å². The summed E-state index contributed by atoms with van der Waals surface area (Å²) in [6, 6.07) is 14.2. The lowest BCUT2D eigenvalue weighted by Gasteiger charge is -2.20. The maximum absolute atomic E-state index is 12.2. The summed E-state index contributed by atoms with van der Waals surface area (Å²) in [6.45, 7) is 3.35. The quantitative estimate of drug-likeness (QED) is 0.653. The van der Waals surface area contributed by atoms with Crippen LogP contribution < -0.4 is 20.1 Å². The summed E-state index contributed by atoms with van der Waals surface area (Å²) in [6.07, 6.45) is 4.87. The molecule has 0 saturated heterocycles. The van der Waals surface area contributed by atoms with Crippen LogP contribution in [0.1, 0.15) is 42.5 Å². The van der Waals surface area contributed by atoms with Crippen LogP contribution in [0.25, 0.3) is 0 Å². The van der Waals surface area contributed by atoms with Gasteiger partial charge in [0.25, 0.3) is 0 Å². The highest BCUT2D eigenvalue weighted by molar-refractivity contribution is 5.78. The number of ether oxygens (including phenoxy) is 2. The molecule has 2 N–H and O–H groups in total. The lowest BCUT2D eigenvalue weighted by Crippen LogP contribution is -2.36. The minimum atomic E-state index is -0.0116. The number of hydrogen-bond donors (Lipinski definition) is 2. The van der Waals surface area contributed by atoms with Gasteiger partial charge in [0, 0.05) is 6.54 Å². The first-order valence-corrected chi connectivity index (χ1v) is 10.0. The van der Waals surface area contributed by atoms with Crippen molar-refractivity contribution in [3.8, 4) is 11.5 Å². The average molecular weight is 383 g/mol. The minimum absolute atomic E-state index is 0.00589. The third-order valence-corrected chi connectivity index (χ3v) is 5.14. The first kappa shape index (κ1) is 20.2. The van der Waals surface area contributed by atoms with Gasteiger partial charge in [-0.15, -0.1) is 0 Å². The molecule has 5 heteroatoms. The molecule has 0 radical (unpaired) electrons. The number of amides is 1. The number of carbonyl (C=O) groups excluding carboxylic acids is 1. The Labute approximate surface area is 167 Å². The zero-order chi connectivity index (χ0) is 19.8. The number of benzene rings is 2. The lowest BCUT2D eigenvalue weighted by molar-refractivity contribution is -0.120. The van der Waals surface area contributed by atoms with Gasteiger partial charge in [0.05, 0.1) is 19.7 Å². The molecule has 0 bridgehead atoms. The number of fused-ring (bicyclic) bond motifs is 1. The number of hydrogen-bond acceptors (Lipinski definition) is 4. The molecule has 3 rings (SSSR count). The highest BCUT2D eigenvalue weighted by Crippen LogP contribution is 2.26. The highest BCUT2D eigenvalue weighted by Gasteiger charge is 2.14. The van der Waals surface area contributed by atoms with E-state index in [4.69, 9.17) is 9.47 Å². The topological polar surface area (TPSA) is 59.6 Å². The first-order valence-electron chi connectivity index (χ1n) is 10.0. The molecule has 0 heterocycles. The Morgan fingerprint density at radius 3 is 2.61 bits per heavy atom. The fourth-order valence-electron chi connectivity index (χ4n) is 3.57. The summed E-state index contributed by atoms with van der Waals surface area (Å²) in [5, 5.41) is 6.19. The van der Waals surface area contributed by atoms with Gasteiger partial charge in [-0.2, -0.15) is 0 Å². The Balaban J connectivity index is 1.38. The van der Waals surface area contributed by atoms with Gasteiger partial charge in [0.15, 0.2) is 11.5 Å². The number of nitrogens with one attached hydrogen (secondary N) is 2. The van der Waals surface area contributed by atoms with Gasteiger partial charge in [-0.05, 0) is 61.4 Å². The van der Waals surface area contributed by atoms with E-state index in [1.807, 2.05) is 31.2 Å². The number of carbonyl (C=O) groups is 1. The molecule has 0 spiro atoms. The van der Waals surface area contributed by atoms with Crippen molar-refractivity contribution in [2.45, 2.75) is 38.6 Å². The SMILES string of the molecule is COc1ccccc1OCCNCC(=O)N[C@H](C)c1ccc2c(c1)CCCC2. The van der Waals surface area contributed by atoms with Crippen LogP contribution >= 0.6 is 0 Å². The summed E-state index contributed by atoms with van der Waals surface area (Å²) in [7, 11) is 1.62. The Kier molecular flexibility index (Phi) is 7.31. The van der Waals surface area contributed by atoms with E-state index < -0.39 is 0 Å². The van der Waals surface area contributed by atoms with Crippen molar-refractivity contribution in [1.29, 1.82) is 0 Å². The largest absolute Gasteiger partial charge is 0.493 e. The van der Waals surface area contributed by atoms with E-state index in [1.165, 1.54) is 36.0 Å². The summed E-state index contributed by atoms with van der Waals surface area (Å²) < 4.78 is 10.9. The Morgan fingerprint density at radius 1 is 1.07 bits per heavy atom. The molecule has 150 valence electrons. The smallest absolute Gasteiger partial charge is 0.234 e. The second-order valence-electron chi connectivity index (χ2n) is 7.20. The predicted octanol–water partition coefficient (Wildman–Crippen LogP) is 3.42. The Bertz CT molecular complexity index is 791. The fourth-order valence-corrected chi connectivity index (χ4v) is 3.57. The number of para-hydroxylation sites is 2. The average Bonchev–Trinajstić information content (AvgIpc) is 2.73. The number of aryl methyl sites for hydroxylation is 2. The van der Waals surface area contributed by atoms with Crippen LogP contribution in [0.2, 0.25) is 0 Å². The molecule has 0 aliphatic heterocycles. The predicted molar refractivity (Wildman–Crippen MR) is 111 cm³/mol. The lowest BCUT2D eigenvalue weighted by atomic mass is 9.89. The fraction of sp³-hybridized carbons (Fsp3) is 0.435. The van der Waals surface area contributed by atoms with Crippen LogP contribution in [0.3, 0.4) is 0 Å². The van der Waals surface area contributed by atoms with E-state index in [1.54, 1.807) is 7.11 Å². The molecule has 1 aliphatic carbocycles. The maximum Gasteiger partial charge on any atom is 0.234 e. The molecule has 2 aromatic rings. The van der Waals surface area contributed by atoms with Gasteiger partial charge in [-0.25, -0.2) is 0 Å². The summed E-state index contributed by atoms with van der Waals surface area (Å²) in [5.41, 5.74) is 4.08. The van der Waals surface area contributed by atoms with E-state index >= 15 is 0 Å². The standard InChI is InChI=1S/C23H30N2O3/c1-17(19-12-11-18-7-3-4-8-20(18)15-19)25-23(26)16-24-13-14-28-22-10-6-5-9-21(22)27-2/h5-6,9-12,15,17,24H,3-4,7-8,13-14,16H2,1-2H3,(H,25,26)/t17-/m1/s1. The minimum Gasteiger partial charge on any atom is -0.493 e. The molecule has 5 nitrogen and oxygen atoms in total. The molecule has 0 unspecified atom stereocenters. The molecule has 0 saturated carbocycles. The molecule has 2 aromatic carbocycles. The Morgan fingerprint density at radius 2 is 1.82 bits per heavy atom. The van der Waals surface area contributed by atoms with E-state index in [2.05, 4.69) is 28.8 Å². The molecule has 1 aliphatic rings. The van der Waals surface area contributed by atoms with E-state index in [-0.39, 0.29) is 18.5 Å². The van der Waals surface area contributed by atoms with Crippen LogP contribution in [-0.2, 0) is 17.6 Å². The maximum atomic E-state index is 12.2. The van der Waals surface area contributed by atoms with Gasteiger partial charge in [-0.3, -0.25) is 4.79 Å². The third-order valence-electron chi connectivity index (χ3n) is 5.14. The molecule has 28 heavy (non-hydrogen) atoms. The molecular formula is C23H30N2O3. The van der Waals surface area contributed by atoms with Crippen molar-refractivity contribution in [2.24, 2.45) is 0 Å².